The van der Waals surface area contributed by atoms with Gasteiger partial charge in [0.15, 0.2) is 0 Å². The van der Waals surface area contributed by atoms with E-state index in [1.165, 1.54) is 16.2 Å². The lowest BCUT2D eigenvalue weighted by Gasteiger charge is -2.26. The van der Waals surface area contributed by atoms with Gasteiger partial charge in [0.1, 0.15) is 0 Å². The van der Waals surface area contributed by atoms with Gasteiger partial charge in [0.2, 0.25) is 0 Å². The van der Waals surface area contributed by atoms with Crippen molar-refractivity contribution in [2.75, 3.05) is 5.06 Å². The number of hydrogen-bond acceptors (Lipinski definition) is 2. The lowest BCUT2D eigenvalue weighted by molar-refractivity contribution is 0.299. The first kappa shape index (κ1) is 16.6. The molecule has 118 valence electrons. The Kier molecular flexibility index (Phi) is 4.62. The molecule has 0 amide bonds. The van der Waals surface area contributed by atoms with E-state index in [1.807, 2.05) is 13.8 Å². The largest absolute Gasteiger partial charge is 0.283 e. The highest BCUT2D eigenvalue weighted by molar-refractivity contribution is 5.72. The molecule has 0 spiro atoms. The van der Waals surface area contributed by atoms with Gasteiger partial charge in [0.05, 0.1) is 11.4 Å². The predicted octanol–water partition coefficient (Wildman–Crippen LogP) is 5.88. The summed E-state index contributed by atoms with van der Waals surface area (Å²) in [5.41, 5.74) is 8.68. The van der Waals surface area contributed by atoms with Crippen LogP contribution in [0, 0.1) is 34.6 Å². The monoisotopic (exact) mass is 297 g/mol. The fourth-order valence-electron chi connectivity index (χ4n) is 3.28. The maximum atomic E-state index is 10.9. The van der Waals surface area contributed by atoms with E-state index in [1.54, 1.807) is 0 Å². The van der Waals surface area contributed by atoms with Crippen LogP contribution < -0.4 is 5.06 Å². The Morgan fingerprint density at radius 3 is 1.45 bits per heavy atom. The van der Waals surface area contributed by atoms with E-state index in [0.717, 1.165) is 33.6 Å². The normalized spacial score (nSPS) is 11.1. The van der Waals surface area contributed by atoms with E-state index in [9.17, 15) is 5.21 Å². The van der Waals surface area contributed by atoms with Gasteiger partial charge >= 0.3 is 0 Å². The number of aryl methyl sites for hydroxylation is 5. The molecule has 0 aliphatic rings. The first-order valence-corrected chi connectivity index (χ1v) is 7.90. The molecule has 0 fully saturated rings. The van der Waals surface area contributed by atoms with Crippen LogP contribution in [-0.4, -0.2) is 5.21 Å². The van der Waals surface area contributed by atoms with E-state index in [-0.39, 0.29) is 0 Å². The summed E-state index contributed by atoms with van der Waals surface area (Å²) >= 11 is 0. The number of nitrogens with zero attached hydrogens (tertiary/aromatic N) is 1. The average molecular weight is 297 g/mol. The molecule has 0 saturated carbocycles. The summed E-state index contributed by atoms with van der Waals surface area (Å²) < 4.78 is 0. The van der Waals surface area contributed by atoms with Crippen molar-refractivity contribution in [2.24, 2.45) is 0 Å². The standard InChI is InChI=1S/C20H27NO/c1-12(2)18-10-16(6)20(17(7)11-18)21(22)19-14(4)8-13(3)9-15(19)5/h8-12,22H,1-7H3. The molecule has 0 heterocycles. The quantitative estimate of drug-likeness (QED) is 0.715. The summed E-state index contributed by atoms with van der Waals surface area (Å²) in [6.45, 7) is 14.7. The second-order valence-corrected chi connectivity index (χ2v) is 6.72. The highest BCUT2D eigenvalue weighted by atomic mass is 16.5. The third kappa shape index (κ3) is 3.02. The smallest absolute Gasteiger partial charge is 0.0751 e. The maximum absolute atomic E-state index is 10.9. The zero-order valence-corrected chi connectivity index (χ0v) is 14.8. The Hall–Kier alpha value is -1.80. The molecule has 2 nitrogen and oxygen atoms in total. The van der Waals surface area contributed by atoms with Crippen LogP contribution in [0.3, 0.4) is 0 Å². The summed E-state index contributed by atoms with van der Waals surface area (Å²) in [4.78, 5) is 0. The van der Waals surface area contributed by atoms with E-state index >= 15 is 0 Å². The topological polar surface area (TPSA) is 23.5 Å². The summed E-state index contributed by atoms with van der Waals surface area (Å²) in [6, 6.07) is 8.57. The average Bonchev–Trinajstić information content (AvgIpc) is 2.36. The third-order valence-electron chi connectivity index (χ3n) is 4.24. The van der Waals surface area contributed by atoms with Gasteiger partial charge in [-0.05, 0) is 68.4 Å². The van der Waals surface area contributed by atoms with Crippen LogP contribution in [0.1, 0.15) is 53.1 Å². The molecule has 2 heteroatoms. The van der Waals surface area contributed by atoms with Crippen LogP contribution in [0.2, 0.25) is 0 Å². The highest BCUT2D eigenvalue weighted by Gasteiger charge is 2.18. The van der Waals surface area contributed by atoms with Gasteiger partial charge in [-0.1, -0.05) is 43.7 Å². The van der Waals surface area contributed by atoms with Crippen molar-refractivity contribution >= 4 is 11.4 Å². The molecule has 0 unspecified atom stereocenters. The predicted molar refractivity (Wildman–Crippen MR) is 94.6 cm³/mol. The zero-order chi connectivity index (χ0) is 16.6. The van der Waals surface area contributed by atoms with Gasteiger partial charge < -0.3 is 0 Å². The van der Waals surface area contributed by atoms with Gasteiger partial charge in [-0.2, -0.15) is 0 Å². The number of anilines is 2. The van der Waals surface area contributed by atoms with Crippen LogP contribution in [0.25, 0.3) is 0 Å². The maximum Gasteiger partial charge on any atom is 0.0751 e. The third-order valence-corrected chi connectivity index (χ3v) is 4.24. The van der Waals surface area contributed by atoms with E-state index in [2.05, 4.69) is 58.9 Å². The molecule has 0 bridgehead atoms. The number of rotatable bonds is 3. The first-order valence-electron chi connectivity index (χ1n) is 7.90. The summed E-state index contributed by atoms with van der Waals surface area (Å²) in [6.07, 6.45) is 0. The molecule has 0 aliphatic heterocycles. The van der Waals surface area contributed by atoms with Crippen LogP contribution in [-0.2, 0) is 0 Å². The second kappa shape index (κ2) is 6.13. The Bertz CT molecular complexity index is 655. The first-order chi connectivity index (χ1) is 10.2. The summed E-state index contributed by atoms with van der Waals surface area (Å²) in [7, 11) is 0. The molecule has 1 N–H and O–H groups in total. The van der Waals surface area contributed by atoms with Crippen molar-refractivity contribution in [3.8, 4) is 0 Å². The second-order valence-electron chi connectivity index (χ2n) is 6.72. The van der Waals surface area contributed by atoms with Crippen LogP contribution in [0.5, 0.6) is 0 Å². The van der Waals surface area contributed by atoms with Crippen LogP contribution >= 0.6 is 0 Å². The van der Waals surface area contributed by atoms with Crippen molar-refractivity contribution < 1.29 is 5.21 Å². The molecular formula is C20H27NO. The molecule has 0 aliphatic carbocycles. The fourth-order valence-corrected chi connectivity index (χ4v) is 3.28. The molecule has 2 rings (SSSR count). The Labute approximate surface area is 134 Å². The van der Waals surface area contributed by atoms with Crippen molar-refractivity contribution in [3.05, 3.63) is 57.6 Å². The minimum absolute atomic E-state index is 0.487. The van der Waals surface area contributed by atoms with Crippen molar-refractivity contribution in [3.63, 3.8) is 0 Å². The lowest BCUT2D eigenvalue weighted by atomic mass is 9.96. The van der Waals surface area contributed by atoms with Gasteiger partial charge in [0.25, 0.3) is 0 Å². The molecule has 0 radical (unpaired) electrons. The fraction of sp³-hybridized carbons (Fsp3) is 0.400. The zero-order valence-electron chi connectivity index (χ0n) is 14.8. The molecule has 0 aromatic heterocycles. The summed E-state index contributed by atoms with van der Waals surface area (Å²) in [5.74, 6) is 0.487. The Morgan fingerprint density at radius 1 is 0.727 bits per heavy atom. The number of benzene rings is 2. The molecule has 2 aromatic carbocycles. The highest BCUT2D eigenvalue weighted by Crippen LogP contribution is 2.36. The van der Waals surface area contributed by atoms with Gasteiger partial charge in [0, 0.05) is 0 Å². The van der Waals surface area contributed by atoms with Gasteiger partial charge in [-0.25, -0.2) is 5.06 Å². The molecule has 2 aromatic rings. The van der Waals surface area contributed by atoms with Crippen molar-refractivity contribution in [2.45, 2.75) is 54.4 Å². The number of hydrogen-bond donors (Lipinski definition) is 1. The minimum atomic E-state index is 0.487. The lowest BCUT2D eigenvalue weighted by Crippen LogP contribution is -2.16. The van der Waals surface area contributed by atoms with Crippen LogP contribution in [0.4, 0.5) is 11.4 Å². The van der Waals surface area contributed by atoms with E-state index in [0.29, 0.717) is 5.92 Å². The molecule has 0 atom stereocenters. The van der Waals surface area contributed by atoms with E-state index in [4.69, 9.17) is 0 Å². The van der Waals surface area contributed by atoms with Gasteiger partial charge in [-0.15, -0.1) is 0 Å². The van der Waals surface area contributed by atoms with Crippen molar-refractivity contribution in [1.82, 2.24) is 0 Å². The van der Waals surface area contributed by atoms with E-state index < -0.39 is 0 Å². The minimum Gasteiger partial charge on any atom is -0.283 e. The molecule has 0 saturated heterocycles. The van der Waals surface area contributed by atoms with Crippen molar-refractivity contribution in [1.29, 1.82) is 0 Å². The Morgan fingerprint density at radius 2 is 1.09 bits per heavy atom. The van der Waals surface area contributed by atoms with Gasteiger partial charge in [-0.3, -0.25) is 5.21 Å². The van der Waals surface area contributed by atoms with Crippen LogP contribution in [0.15, 0.2) is 24.3 Å². The summed E-state index contributed by atoms with van der Waals surface area (Å²) in [5, 5.41) is 12.2. The molecule has 22 heavy (non-hydrogen) atoms. The molecular weight excluding hydrogens is 270 g/mol. The SMILES string of the molecule is Cc1cc(C)c(N(O)c2c(C)cc(C(C)C)cc2C)c(C)c1. The Balaban J connectivity index is 2.58.